The van der Waals surface area contributed by atoms with Crippen molar-refractivity contribution in [2.45, 2.75) is 23.9 Å². The number of thiazole rings is 1. The first-order chi connectivity index (χ1) is 23.2. The Morgan fingerprint density at radius 1 is 0.979 bits per heavy atom. The Morgan fingerprint density at radius 2 is 1.54 bits per heavy atom. The van der Waals surface area contributed by atoms with Crippen LogP contribution in [0.5, 0.6) is 0 Å². The summed E-state index contributed by atoms with van der Waals surface area (Å²) >= 11 is 3.47. The van der Waals surface area contributed by atoms with E-state index in [0.29, 0.717) is 10.7 Å². The highest BCUT2D eigenvalue weighted by Crippen LogP contribution is 2.42. The van der Waals surface area contributed by atoms with Gasteiger partial charge in [0.05, 0.1) is 0 Å². The van der Waals surface area contributed by atoms with Crippen LogP contribution >= 0.6 is 34.9 Å². The number of hydrogen-bond acceptors (Lipinski definition) is 11. The number of anilines is 1. The highest BCUT2D eigenvalue weighted by atomic mass is 32.2. The Labute approximate surface area is 288 Å². The molecule has 244 valence electrons. The molecule has 2 aliphatic heterocycles. The minimum Gasteiger partial charge on any atom is -0.477 e. The Hall–Kier alpha value is -4.92. The topological polar surface area (TPSA) is 161 Å². The quantitative estimate of drug-likeness (QED) is 0.0566. The minimum atomic E-state index is -1.28. The number of carbonyl (C=O) groups excluding carboxylic acids is 3. The summed E-state index contributed by atoms with van der Waals surface area (Å²) in [5, 5.41) is 30.4. The molecule has 2 aliphatic rings. The molecule has 1 saturated heterocycles. The van der Waals surface area contributed by atoms with Gasteiger partial charge < -0.3 is 20.9 Å². The smallest absolute Gasteiger partial charge is 0.352 e. The van der Waals surface area contributed by atoms with Crippen molar-refractivity contribution in [3.05, 3.63) is 130 Å². The number of fused-ring (bicyclic) bond motifs is 1. The molecule has 0 spiro atoms. The van der Waals surface area contributed by atoms with E-state index in [1.54, 1.807) is 5.38 Å². The van der Waals surface area contributed by atoms with E-state index in [9.17, 15) is 29.5 Å². The summed E-state index contributed by atoms with van der Waals surface area (Å²) in [4.78, 5) is 55.9. The molecule has 1 fully saturated rings. The maximum absolute atomic E-state index is 13.4. The Morgan fingerprint density at radius 3 is 2.04 bits per heavy atom. The third-order valence-electron chi connectivity index (χ3n) is 7.96. The van der Waals surface area contributed by atoms with Gasteiger partial charge in [0.25, 0.3) is 11.8 Å². The number of β-lactam (4-membered cyclic amide) rings is 1. The zero-order valence-electron chi connectivity index (χ0n) is 25.4. The number of thioether (sulfide) groups is 2. The molecule has 0 aliphatic carbocycles. The van der Waals surface area contributed by atoms with E-state index in [4.69, 9.17) is 0 Å². The highest BCUT2D eigenvalue weighted by Gasteiger charge is 2.54. The minimum absolute atomic E-state index is 0.0835. The highest BCUT2D eigenvalue weighted by molar-refractivity contribution is 8.13. The van der Waals surface area contributed by atoms with Crippen LogP contribution < -0.4 is 10.6 Å². The first-order valence-corrected chi connectivity index (χ1v) is 17.6. The molecule has 3 aromatic carbocycles. The fourth-order valence-electron chi connectivity index (χ4n) is 5.79. The second-order valence-electron chi connectivity index (χ2n) is 10.9. The van der Waals surface area contributed by atoms with E-state index < -0.39 is 40.4 Å². The number of nitrogens with zero attached hydrogens (tertiary/aromatic N) is 3. The summed E-state index contributed by atoms with van der Waals surface area (Å²) in [6, 6.07) is 28.7. The number of carbonyl (C=O) groups is 4. The molecule has 48 heavy (non-hydrogen) atoms. The van der Waals surface area contributed by atoms with Gasteiger partial charge in [0.2, 0.25) is 0 Å². The SMILES string of the molecule is CC(=O)SCC1=C(C(=O)O)N2C(=O)C(NC(=O)C(=NO)c3csc(NC(c4ccccc4)(c4ccccc4)c4ccccc4)n3)[C@H]2SC1. The zero-order chi connectivity index (χ0) is 33.8. The van der Waals surface area contributed by atoms with Crippen LogP contribution in [0.3, 0.4) is 0 Å². The molecule has 2 atom stereocenters. The first-order valence-electron chi connectivity index (χ1n) is 14.7. The fraction of sp³-hybridized carbons (Fsp3) is 0.176. The number of benzene rings is 3. The van der Waals surface area contributed by atoms with Crippen molar-refractivity contribution in [3.8, 4) is 0 Å². The first kappa shape index (κ1) is 33.0. The summed E-state index contributed by atoms with van der Waals surface area (Å²) in [6.45, 7) is 1.39. The van der Waals surface area contributed by atoms with E-state index in [1.807, 2.05) is 91.0 Å². The molecule has 14 heteroatoms. The van der Waals surface area contributed by atoms with Gasteiger partial charge in [-0.25, -0.2) is 9.78 Å². The van der Waals surface area contributed by atoms with Crippen LogP contribution in [0.4, 0.5) is 5.13 Å². The van der Waals surface area contributed by atoms with Gasteiger partial charge in [-0.05, 0) is 22.3 Å². The molecule has 3 heterocycles. The predicted molar refractivity (Wildman–Crippen MR) is 186 cm³/mol. The number of carboxylic acids is 1. The summed E-state index contributed by atoms with van der Waals surface area (Å²) < 4.78 is 0. The number of carboxylic acid groups (broad SMARTS) is 1. The van der Waals surface area contributed by atoms with Crippen molar-refractivity contribution in [2.24, 2.45) is 5.16 Å². The molecule has 6 rings (SSSR count). The molecule has 11 nitrogen and oxygen atoms in total. The van der Waals surface area contributed by atoms with Crippen molar-refractivity contribution < 1.29 is 29.5 Å². The summed E-state index contributed by atoms with van der Waals surface area (Å²) in [6.07, 6.45) is 0. The monoisotopic (exact) mass is 699 g/mol. The van der Waals surface area contributed by atoms with Gasteiger partial charge in [0.1, 0.15) is 28.3 Å². The van der Waals surface area contributed by atoms with Gasteiger partial charge >= 0.3 is 5.97 Å². The molecule has 4 N–H and O–H groups in total. The Bertz CT molecular complexity index is 1820. The van der Waals surface area contributed by atoms with Gasteiger partial charge in [0, 0.05) is 23.8 Å². The molecule has 0 saturated carbocycles. The van der Waals surface area contributed by atoms with Crippen LogP contribution in [-0.2, 0) is 24.7 Å². The molecule has 4 aromatic rings. The summed E-state index contributed by atoms with van der Waals surface area (Å²) in [7, 11) is 0. The van der Waals surface area contributed by atoms with Crippen LogP contribution in [-0.4, -0.2) is 71.7 Å². The zero-order valence-corrected chi connectivity index (χ0v) is 27.8. The molecule has 0 radical (unpaired) electrons. The molecule has 1 unspecified atom stereocenters. The second-order valence-corrected chi connectivity index (χ2v) is 14.0. The Balaban J connectivity index is 1.25. The van der Waals surface area contributed by atoms with Crippen molar-refractivity contribution in [3.63, 3.8) is 0 Å². The number of aromatic nitrogens is 1. The van der Waals surface area contributed by atoms with Gasteiger partial charge in [-0.1, -0.05) is 108 Å². The van der Waals surface area contributed by atoms with Crippen molar-refractivity contribution >= 4 is 68.6 Å². The summed E-state index contributed by atoms with van der Waals surface area (Å²) in [5.74, 6) is -2.31. The van der Waals surface area contributed by atoms with Crippen molar-refractivity contribution in [1.29, 1.82) is 0 Å². The summed E-state index contributed by atoms with van der Waals surface area (Å²) in [5.41, 5.74) is 1.93. The Kier molecular flexibility index (Phi) is 9.66. The standard InChI is InChI=1S/C34H29N5O6S3/c1-20(40)46-17-21-18-47-31-27(30(42)39(31)28(21)32(43)44)36-29(41)26(38-45)25-19-48-33(35-25)37-34(22-11-5-2-6-12-22,23-13-7-3-8-14-23)24-15-9-4-10-16-24/h2-16,19,27,31,45H,17-18H2,1H3,(H,35,37)(H,36,41)(H,43,44)/t27?,31-/m1/s1. The van der Waals surface area contributed by atoms with Crippen LogP contribution in [0.1, 0.15) is 29.3 Å². The van der Waals surface area contributed by atoms with Gasteiger partial charge in [0.15, 0.2) is 16.0 Å². The van der Waals surface area contributed by atoms with E-state index in [-0.39, 0.29) is 28.0 Å². The normalized spacial score (nSPS) is 17.7. The molecule has 0 bridgehead atoms. The maximum Gasteiger partial charge on any atom is 0.352 e. The third-order valence-corrected chi connectivity index (χ3v) is 11.0. The van der Waals surface area contributed by atoms with Crippen LogP contribution in [0.2, 0.25) is 0 Å². The lowest BCUT2D eigenvalue weighted by molar-refractivity contribution is -0.150. The van der Waals surface area contributed by atoms with E-state index >= 15 is 0 Å². The van der Waals surface area contributed by atoms with Crippen LogP contribution in [0, 0.1) is 0 Å². The van der Waals surface area contributed by atoms with Gasteiger partial charge in [-0.15, -0.1) is 23.1 Å². The number of hydrogen-bond donors (Lipinski definition) is 4. The average molecular weight is 700 g/mol. The number of aliphatic carboxylic acids is 1. The van der Waals surface area contributed by atoms with E-state index in [2.05, 4.69) is 20.8 Å². The lowest BCUT2D eigenvalue weighted by atomic mass is 9.77. The number of amides is 2. The number of rotatable bonds is 11. The van der Waals surface area contributed by atoms with E-state index in [0.717, 1.165) is 33.4 Å². The fourth-order valence-corrected chi connectivity index (χ4v) is 8.63. The van der Waals surface area contributed by atoms with Gasteiger partial charge in [-0.3, -0.25) is 19.3 Å². The number of nitrogens with one attached hydrogen (secondary N) is 2. The molecule has 1 aromatic heterocycles. The van der Waals surface area contributed by atoms with Crippen molar-refractivity contribution in [1.82, 2.24) is 15.2 Å². The lowest BCUT2D eigenvalue weighted by Crippen LogP contribution is -2.71. The molecular weight excluding hydrogens is 671 g/mol. The maximum atomic E-state index is 13.4. The number of oxime groups is 1. The second kappa shape index (κ2) is 14.1. The third kappa shape index (κ3) is 6.21. The van der Waals surface area contributed by atoms with Crippen molar-refractivity contribution in [2.75, 3.05) is 16.8 Å². The average Bonchev–Trinajstić information content (AvgIpc) is 3.57. The molecule has 2 amide bonds. The van der Waals surface area contributed by atoms with E-state index in [1.165, 1.54) is 30.0 Å². The lowest BCUT2D eigenvalue weighted by Gasteiger charge is -2.49. The largest absolute Gasteiger partial charge is 0.477 e. The van der Waals surface area contributed by atoms with Gasteiger partial charge in [-0.2, -0.15) is 0 Å². The van der Waals surface area contributed by atoms with Crippen LogP contribution in [0.15, 0.2) is 113 Å². The molecular formula is C34H29N5O6S3. The van der Waals surface area contributed by atoms with Crippen LogP contribution in [0.25, 0.3) is 0 Å². The predicted octanol–water partition coefficient (Wildman–Crippen LogP) is 4.74.